The van der Waals surface area contributed by atoms with Crippen molar-refractivity contribution in [3.8, 4) is 28.5 Å². The number of alkyl halides is 1. The zero-order valence-corrected chi connectivity index (χ0v) is 14.5. The van der Waals surface area contributed by atoms with Crippen molar-refractivity contribution in [1.29, 1.82) is 0 Å². The van der Waals surface area contributed by atoms with Gasteiger partial charge in [-0.05, 0) is 12.0 Å². The van der Waals surface area contributed by atoms with Crippen LogP contribution in [0.3, 0.4) is 0 Å². The minimum atomic E-state index is -0.296. The standard InChI is InChI=1S/C19H18ClNO4/c1-24-19-16(25-9-5-8-20)11-15(23)17-14(22)10-13(21-18(17)19)12-6-3-2-4-7-12/h2-4,6-7,10-11,23H,5,8-9H2,1H3,(H,21,22). The van der Waals surface area contributed by atoms with E-state index in [9.17, 15) is 9.90 Å². The first kappa shape index (κ1) is 17.2. The molecule has 1 aromatic heterocycles. The highest BCUT2D eigenvalue weighted by Gasteiger charge is 2.18. The van der Waals surface area contributed by atoms with Crippen LogP contribution in [-0.2, 0) is 0 Å². The number of aromatic hydroxyl groups is 1. The Hall–Kier alpha value is -2.66. The van der Waals surface area contributed by atoms with E-state index in [1.54, 1.807) is 0 Å². The molecular formula is C19H18ClNO4. The number of methoxy groups -OCH3 is 1. The Bertz CT molecular complexity index is 938. The van der Waals surface area contributed by atoms with Crippen molar-refractivity contribution in [2.24, 2.45) is 0 Å². The molecule has 0 spiro atoms. The number of halogens is 1. The lowest BCUT2D eigenvalue weighted by molar-refractivity contribution is 0.295. The van der Waals surface area contributed by atoms with E-state index in [-0.39, 0.29) is 16.6 Å². The number of aromatic nitrogens is 1. The zero-order chi connectivity index (χ0) is 17.8. The molecule has 0 atom stereocenters. The highest BCUT2D eigenvalue weighted by atomic mass is 35.5. The number of phenolic OH excluding ortho intramolecular Hbond substituents is 1. The second-order valence-electron chi connectivity index (χ2n) is 5.48. The SMILES string of the molecule is COc1c(OCCCCl)cc(O)c2c(=O)cc(-c3ccccc3)[nH]c12. The van der Waals surface area contributed by atoms with E-state index >= 15 is 0 Å². The van der Waals surface area contributed by atoms with Crippen molar-refractivity contribution in [1.82, 2.24) is 4.98 Å². The van der Waals surface area contributed by atoms with Crippen LogP contribution in [0.15, 0.2) is 47.3 Å². The molecule has 0 saturated carbocycles. The number of pyridine rings is 1. The van der Waals surface area contributed by atoms with Gasteiger partial charge >= 0.3 is 0 Å². The molecule has 0 radical (unpaired) electrons. The summed E-state index contributed by atoms with van der Waals surface area (Å²) in [4.78, 5) is 15.7. The average molecular weight is 360 g/mol. The Balaban J connectivity index is 2.21. The molecule has 6 heteroatoms. The summed E-state index contributed by atoms with van der Waals surface area (Å²) in [5.74, 6) is 1.05. The summed E-state index contributed by atoms with van der Waals surface area (Å²) in [6, 6.07) is 12.3. The van der Waals surface area contributed by atoms with Gasteiger partial charge in [-0.15, -0.1) is 11.6 Å². The number of hydrogen-bond donors (Lipinski definition) is 2. The lowest BCUT2D eigenvalue weighted by Crippen LogP contribution is -2.07. The van der Waals surface area contributed by atoms with Gasteiger partial charge in [-0.2, -0.15) is 0 Å². The summed E-state index contributed by atoms with van der Waals surface area (Å²) in [6.07, 6.45) is 0.657. The van der Waals surface area contributed by atoms with Crippen LogP contribution in [0, 0.1) is 0 Å². The van der Waals surface area contributed by atoms with Gasteiger partial charge in [0, 0.05) is 23.7 Å². The van der Waals surface area contributed by atoms with E-state index in [0.717, 1.165) is 5.56 Å². The van der Waals surface area contributed by atoms with Crippen LogP contribution in [0.2, 0.25) is 0 Å². The Kier molecular flexibility index (Phi) is 5.14. The molecule has 5 nitrogen and oxygen atoms in total. The first-order chi connectivity index (χ1) is 12.2. The van der Waals surface area contributed by atoms with Gasteiger partial charge in [0.25, 0.3) is 0 Å². The van der Waals surface area contributed by atoms with Gasteiger partial charge in [0.05, 0.1) is 19.1 Å². The Morgan fingerprint density at radius 3 is 2.64 bits per heavy atom. The fraction of sp³-hybridized carbons (Fsp3) is 0.211. The third kappa shape index (κ3) is 3.42. The minimum Gasteiger partial charge on any atom is -0.507 e. The van der Waals surface area contributed by atoms with Gasteiger partial charge < -0.3 is 19.6 Å². The molecule has 3 rings (SSSR count). The normalized spacial score (nSPS) is 10.8. The summed E-state index contributed by atoms with van der Waals surface area (Å²) >= 11 is 5.67. The first-order valence-electron chi connectivity index (χ1n) is 7.87. The molecule has 0 bridgehead atoms. The maximum absolute atomic E-state index is 12.5. The van der Waals surface area contributed by atoms with E-state index < -0.39 is 0 Å². The summed E-state index contributed by atoms with van der Waals surface area (Å²) in [7, 11) is 1.49. The van der Waals surface area contributed by atoms with E-state index in [2.05, 4.69) is 4.98 Å². The zero-order valence-electron chi connectivity index (χ0n) is 13.7. The molecule has 0 aliphatic carbocycles. The van der Waals surface area contributed by atoms with Gasteiger partial charge in [-0.3, -0.25) is 4.79 Å². The highest BCUT2D eigenvalue weighted by Crippen LogP contribution is 2.39. The van der Waals surface area contributed by atoms with Crippen LogP contribution >= 0.6 is 11.6 Å². The maximum atomic E-state index is 12.5. The van der Waals surface area contributed by atoms with Gasteiger partial charge in [-0.25, -0.2) is 0 Å². The van der Waals surface area contributed by atoms with E-state index in [4.69, 9.17) is 21.1 Å². The number of ether oxygens (including phenoxy) is 2. The molecule has 130 valence electrons. The number of phenols is 1. The average Bonchev–Trinajstić information content (AvgIpc) is 2.62. The number of H-pyrrole nitrogens is 1. The number of aromatic amines is 1. The van der Waals surface area contributed by atoms with Crippen molar-refractivity contribution in [3.63, 3.8) is 0 Å². The van der Waals surface area contributed by atoms with Crippen molar-refractivity contribution in [2.45, 2.75) is 6.42 Å². The first-order valence-corrected chi connectivity index (χ1v) is 8.40. The van der Waals surface area contributed by atoms with Gasteiger partial charge in [0.1, 0.15) is 11.3 Å². The molecule has 2 aromatic carbocycles. The maximum Gasteiger partial charge on any atom is 0.193 e. The molecule has 25 heavy (non-hydrogen) atoms. The monoisotopic (exact) mass is 359 g/mol. The molecule has 0 unspecified atom stereocenters. The molecule has 2 N–H and O–H groups in total. The Morgan fingerprint density at radius 2 is 1.96 bits per heavy atom. The van der Waals surface area contributed by atoms with Crippen LogP contribution in [0.5, 0.6) is 17.2 Å². The quantitative estimate of drug-likeness (QED) is 0.517. The number of fused-ring (bicyclic) bond motifs is 1. The fourth-order valence-corrected chi connectivity index (χ4v) is 2.80. The Labute approximate surface area is 149 Å². The molecule has 0 saturated heterocycles. The largest absolute Gasteiger partial charge is 0.507 e. The summed E-state index contributed by atoms with van der Waals surface area (Å²) in [6.45, 7) is 0.382. The molecule has 0 fully saturated rings. The molecule has 1 heterocycles. The molecule has 0 aliphatic heterocycles. The lowest BCUT2D eigenvalue weighted by atomic mass is 10.1. The second kappa shape index (κ2) is 7.49. The molecule has 3 aromatic rings. The topological polar surface area (TPSA) is 71.5 Å². The molecule has 0 amide bonds. The lowest BCUT2D eigenvalue weighted by Gasteiger charge is -2.15. The van der Waals surface area contributed by atoms with Crippen molar-refractivity contribution in [2.75, 3.05) is 19.6 Å². The Morgan fingerprint density at radius 1 is 1.20 bits per heavy atom. The third-order valence-corrected chi connectivity index (χ3v) is 4.10. The van der Waals surface area contributed by atoms with Gasteiger partial charge in [-0.1, -0.05) is 30.3 Å². The van der Waals surface area contributed by atoms with Gasteiger partial charge in [0.2, 0.25) is 0 Å². The number of rotatable bonds is 6. The van der Waals surface area contributed by atoms with Crippen LogP contribution in [-0.4, -0.2) is 29.7 Å². The smallest absolute Gasteiger partial charge is 0.193 e. The predicted molar refractivity (Wildman–Crippen MR) is 99.1 cm³/mol. The summed E-state index contributed by atoms with van der Waals surface area (Å²) in [5.41, 5.74) is 1.59. The summed E-state index contributed by atoms with van der Waals surface area (Å²) < 4.78 is 11.1. The third-order valence-electron chi connectivity index (χ3n) is 3.83. The van der Waals surface area contributed by atoms with Crippen LogP contribution in [0.25, 0.3) is 22.2 Å². The van der Waals surface area contributed by atoms with Crippen molar-refractivity contribution >= 4 is 22.5 Å². The van der Waals surface area contributed by atoms with Crippen molar-refractivity contribution in [3.05, 3.63) is 52.7 Å². The molecule has 0 aliphatic rings. The number of hydrogen-bond acceptors (Lipinski definition) is 4. The number of nitrogens with one attached hydrogen (secondary N) is 1. The molecular weight excluding hydrogens is 342 g/mol. The van der Waals surface area contributed by atoms with Gasteiger partial charge in [0.15, 0.2) is 16.9 Å². The van der Waals surface area contributed by atoms with Crippen LogP contribution < -0.4 is 14.9 Å². The minimum absolute atomic E-state index is 0.155. The summed E-state index contributed by atoms with van der Waals surface area (Å²) in [5, 5.41) is 10.5. The fourth-order valence-electron chi connectivity index (χ4n) is 2.69. The van der Waals surface area contributed by atoms with Crippen LogP contribution in [0.4, 0.5) is 0 Å². The van der Waals surface area contributed by atoms with E-state index in [0.29, 0.717) is 41.6 Å². The second-order valence-corrected chi connectivity index (χ2v) is 5.86. The van der Waals surface area contributed by atoms with Crippen molar-refractivity contribution < 1.29 is 14.6 Å². The van der Waals surface area contributed by atoms with E-state index in [1.165, 1.54) is 19.2 Å². The van der Waals surface area contributed by atoms with Crippen LogP contribution in [0.1, 0.15) is 6.42 Å². The number of benzene rings is 2. The highest BCUT2D eigenvalue weighted by molar-refractivity contribution is 6.17. The predicted octanol–water partition coefficient (Wildman–Crippen LogP) is 3.92. The van der Waals surface area contributed by atoms with E-state index in [1.807, 2.05) is 30.3 Å².